The number of anilines is 6. The van der Waals surface area contributed by atoms with Crippen molar-refractivity contribution < 1.29 is 10.0 Å². The summed E-state index contributed by atoms with van der Waals surface area (Å²) in [5.74, 6) is 2.12. The Bertz CT molecular complexity index is 7090. The molecule has 6 aromatic carbocycles. The summed E-state index contributed by atoms with van der Waals surface area (Å²) >= 11 is 19.0. The maximum absolute atomic E-state index is 14.4. The number of nitrogens with zero attached hydrogens (tertiary/aromatic N) is 14. The Morgan fingerprint density at radius 2 is 0.824 bits per heavy atom. The second kappa shape index (κ2) is 45.0. The minimum Gasteiger partial charge on any atom is -0.423 e. The number of aromatic nitrogens is 14. The fourth-order valence-corrected chi connectivity index (χ4v) is 36.9. The number of halogens is 3. The summed E-state index contributed by atoms with van der Waals surface area (Å²) in [5.41, 5.74) is 30.2. The molecule has 27 nitrogen and oxygen atoms in total. The monoisotopic (exact) mass is 2020 g/mol. The van der Waals surface area contributed by atoms with Crippen molar-refractivity contribution in [3.05, 3.63) is 338 Å². The first-order valence-electron chi connectivity index (χ1n) is 42.5. The van der Waals surface area contributed by atoms with Crippen LogP contribution in [0.5, 0.6) is 0 Å². The summed E-state index contributed by atoms with van der Waals surface area (Å²) in [6, 6.07) is 56.1. The van der Waals surface area contributed by atoms with Gasteiger partial charge < -0.3 is 52.3 Å². The van der Waals surface area contributed by atoms with Crippen molar-refractivity contribution in [2.45, 2.75) is 112 Å². The molecule has 0 aliphatic heterocycles. The van der Waals surface area contributed by atoms with E-state index < -0.39 is 25.5 Å². The van der Waals surface area contributed by atoms with Gasteiger partial charge in [-0.05, 0) is 142 Å². The van der Waals surface area contributed by atoms with E-state index in [0.29, 0.717) is 53.6 Å². The molecule has 3 atom stereocenters. The molecule has 11 heterocycles. The molecule has 11 N–H and O–H groups in total. The molecule has 17 aromatic rings. The second-order valence-corrected chi connectivity index (χ2v) is 49.6. The van der Waals surface area contributed by atoms with Gasteiger partial charge in [-0.15, -0.1) is 22.7 Å². The molecule has 35 heteroatoms. The molecule has 670 valence electrons. The van der Waals surface area contributed by atoms with Crippen molar-refractivity contribution in [2.24, 2.45) is 14.1 Å². The van der Waals surface area contributed by atoms with Crippen LogP contribution in [0, 0.1) is 0 Å². The molecule has 0 spiro atoms. The molecule has 0 unspecified atom stereocenters. The standard InChI is InChI=1S/C30H25N7O2S.C24H19ClN6OS.C21H17BrClN5O.C6H8BNO3.3C4H9.C3H2NS.Sn/c1-18(34-28-23(14-33-30(31)35-28)25-15-32-17-40-25)24-13-19-7-6-10-22(20-11-12-26(38)36(2)16-20)27(19)29(39)37(24)21-8-4-3-5-9-21;1-14(29-22-17(11-28-24(26)30-22)20-12-27-13-33-20)19-10-15-6-5-9-18(25)21(15)23(32)31(19)16-7-3-2-4-8-16;1-12(26-19-15(22)11-25-21(24)27-19)17-10-13-6-5-9-16(23)18(13)20(29)28(17)14-7-3-2-4-8-14;1-8-4-5(7(10)11)2-3-6(8)9;3*1-3-4-2;1-2-5-3-4-1;/h3-18H,1-2H3,(H3,31,33,34,35);2-14H,1H3,(H3,26,28,29,30);2-12H,1H3,(H3,24,25,26,27);2-4,10-11H,1H3;3*1,3-4H2,2H3;1,3H;/t18-;14-;12-;;;;;;/m000....../s1. The first-order valence-corrected chi connectivity index (χ1v) is 54.2. The number of rotatable bonds is 26. The number of fused-ring (bicyclic) bond motifs is 3. The van der Waals surface area contributed by atoms with Gasteiger partial charge in [-0.3, -0.25) is 47.6 Å². The van der Waals surface area contributed by atoms with E-state index in [1.165, 1.54) is 94.7 Å². The molecular weight excluding hydrogens is 1920 g/mol. The number of unbranched alkanes of at least 4 members (excludes halogenated alkanes) is 3. The third-order valence-electron chi connectivity index (χ3n) is 22.1. The second-order valence-electron chi connectivity index (χ2n) is 31.2. The van der Waals surface area contributed by atoms with Gasteiger partial charge in [-0.25, -0.2) is 15.0 Å². The number of aryl methyl sites for hydroxylation is 2. The van der Waals surface area contributed by atoms with Gasteiger partial charge in [0.25, 0.3) is 16.7 Å². The third-order valence-corrected chi connectivity index (χ3v) is 44.0. The molecule has 17 rings (SSSR count). The van der Waals surface area contributed by atoms with Crippen LogP contribution in [0.4, 0.5) is 35.3 Å². The van der Waals surface area contributed by atoms with Crippen molar-refractivity contribution in [3.8, 4) is 49.1 Å². The van der Waals surface area contributed by atoms with Crippen molar-refractivity contribution in [1.82, 2.24) is 67.7 Å². The van der Waals surface area contributed by atoms with Crippen LogP contribution in [0.25, 0.3) is 81.4 Å². The van der Waals surface area contributed by atoms with Gasteiger partial charge in [-0.2, -0.15) is 15.0 Å². The zero-order chi connectivity index (χ0) is 93.0. The van der Waals surface area contributed by atoms with Gasteiger partial charge >= 0.3 is 129 Å². The van der Waals surface area contributed by atoms with Gasteiger partial charge in [0.1, 0.15) is 17.5 Å². The number of hydrogen-bond acceptors (Lipinski definition) is 25. The number of para-hydroxylation sites is 3. The summed E-state index contributed by atoms with van der Waals surface area (Å²) in [6.45, 7) is 12.9. The first kappa shape index (κ1) is 96.2. The third kappa shape index (κ3) is 23.2. The van der Waals surface area contributed by atoms with Crippen LogP contribution in [0.2, 0.25) is 23.4 Å². The van der Waals surface area contributed by atoms with Crippen LogP contribution in [-0.2, 0) is 14.1 Å². The molecule has 11 aromatic heterocycles. The zero-order valence-corrected chi connectivity index (χ0v) is 81.6. The van der Waals surface area contributed by atoms with E-state index in [1.54, 1.807) is 110 Å². The predicted molar refractivity (Wildman–Crippen MR) is 543 cm³/mol. The zero-order valence-electron chi connectivity index (χ0n) is 73.2. The number of nitrogens with two attached hydrogens (primary N) is 3. The van der Waals surface area contributed by atoms with E-state index in [2.05, 4.69) is 109 Å². The van der Waals surface area contributed by atoms with Crippen LogP contribution < -0.4 is 69.3 Å². The smallest absolute Gasteiger partial charge is 0.423 e. The molecule has 0 saturated heterocycles. The summed E-state index contributed by atoms with van der Waals surface area (Å²) in [6.07, 6.45) is 22.2. The summed E-state index contributed by atoms with van der Waals surface area (Å²) in [4.78, 5) is 104. The van der Waals surface area contributed by atoms with Crippen LogP contribution in [0.15, 0.2) is 283 Å². The largest absolute Gasteiger partial charge is 0.489 e. The molecule has 0 radical (unpaired) electrons. The summed E-state index contributed by atoms with van der Waals surface area (Å²) < 4.78 is 15.0. The van der Waals surface area contributed by atoms with E-state index in [-0.39, 0.29) is 63.8 Å². The van der Waals surface area contributed by atoms with Crippen LogP contribution in [0.3, 0.4) is 0 Å². The number of nitrogen functional groups attached to an aromatic ring is 3. The van der Waals surface area contributed by atoms with Crippen molar-refractivity contribution in [2.75, 3.05) is 33.2 Å². The Labute approximate surface area is 791 Å². The maximum Gasteiger partial charge on any atom is 0.489 e. The van der Waals surface area contributed by atoms with Crippen molar-refractivity contribution in [3.63, 3.8) is 0 Å². The molecule has 0 fully saturated rings. The van der Waals surface area contributed by atoms with Gasteiger partial charge in [0.15, 0.2) is 0 Å². The average Bonchev–Trinajstić information content (AvgIpc) is 1.45. The molecule has 0 aliphatic carbocycles. The molecule has 0 aliphatic rings. The SMILES string of the molecule is CCC[CH2][Sn]([CH2]CCC)([CH2]CCC)[c]1cncs1.C[C@H](Nc1nc(N)ncc1-c1cncs1)c1cc2cccc(-c3ccc(=O)n(C)c3)c2c(=O)n1-c1ccccc1.C[C@H](Nc1nc(N)ncc1-c1cncs1)c1cc2cccc(Cl)c2c(=O)n1-c1ccccc1.C[C@H](Nc1nc(N)ncc1Br)c1cc2cccc(Cl)c2c(=O)n1-c1ccccc1.Cn1cc(B(O)O)ccc1=O. The minimum atomic E-state index is -2.08. The Balaban J connectivity index is 0.000000147. The Morgan fingerprint density at radius 1 is 0.443 bits per heavy atom. The number of hydrogen-bond donors (Lipinski definition) is 8. The van der Waals surface area contributed by atoms with Crippen LogP contribution in [0.1, 0.15) is 115 Å². The average molecular weight is 2020 g/mol. The van der Waals surface area contributed by atoms with Gasteiger partial charge in [0.05, 0.1) is 80.7 Å². The van der Waals surface area contributed by atoms with Gasteiger partial charge in [-0.1, -0.05) is 126 Å². The topological polar surface area (TPSA) is 381 Å². The number of nitrogens with one attached hydrogen (secondary N) is 3. The molecule has 0 bridgehead atoms. The molecular formula is C96H98BBrCl2N20O7S3Sn. The van der Waals surface area contributed by atoms with E-state index >= 15 is 0 Å². The molecule has 131 heavy (non-hydrogen) atoms. The van der Waals surface area contributed by atoms with E-state index in [1.807, 2.05) is 184 Å². The fraction of sp³-hybridized carbons (Fsp3) is 0.208. The summed E-state index contributed by atoms with van der Waals surface area (Å²) in [5, 5.41) is 32.3. The van der Waals surface area contributed by atoms with E-state index in [4.69, 9.17) is 50.5 Å². The Kier molecular flexibility index (Phi) is 33.0. The number of pyridine rings is 5. The molecule has 0 saturated carbocycles. The minimum absolute atomic E-state index is 0.115. The fourth-order valence-electron chi connectivity index (χ4n) is 15.5. The van der Waals surface area contributed by atoms with Crippen molar-refractivity contribution in [1.29, 1.82) is 0 Å². The van der Waals surface area contributed by atoms with E-state index in [0.717, 1.165) is 82.3 Å². The van der Waals surface area contributed by atoms with E-state index in [9.17, 15) is 24.0 Å². The predicted octanol–water partition coefficient (Wildman–Crippen LogP) is 18.6. The van der Waals surface area contributed by atoms with Crippen LogP contribution >= 0.6 is 73.1 Å². The Morgan fingerprint density at radius 3 is 1.22 bits per heavy atom. The first-order chi connectivity index (χ1) is 63.3. The number of thiazole rings is 3. The Hall–Kier alpha value is -12.4. The van der Waals surface area contributed by atoms with Gasteiger partial charge in [0, 0.05) is 104 Å². The quantitative estimate of drug-likeness (QED) is 0.0233. The molecule has 0 amide bonds. The summed E-state index contributed by atoms with van der Waals surface area (Å²) in [7, 11) is 1.74. The van der Waals surface area contributed by atoms with Crippen molar-refractivity contribution >= 4 is 175 Å². The van der Waals surface area contributed by atoms with Gasteiger partial charge in [0.2, 0.25) is 29.0 Å². The number of benzene rings is 6. The van der Waals surface area contributed by atoms with Crippen LogP contribution in [-0.4, -0.2) is 103 Å². The normalized spacial score (nSPS) is 11.8. The maximum atomic E-state index is 14.4.